The Bertz CT molecular complexity index is 2930. The number of methoxy groups -OCH3 is 2. The molecular weight excluding hydrogens is 909 g/mol. The van der Waals surface area contributed by atoms with Gasteiger partial charge in [-0.15, -0.1) is 22.7 Å². The monoisotopic (exact) mass is 956 g/mol. The van der Waals surface area contributed by atoms with Gasteiger partial charge < -0.3 is 18.9 Å². The zero-order valence-electron chi connectivity index (χ0n) is 37.6. The normalized spacial score (nSPS) is 14.3. The van der Waals surface area contributed by atoms with Crippen LogP contribution in [0.4, 0.5) is 17.6 Å². The van der Waals surface area contributed by atoms with Crippen molar-refractivity contribution in [3.05, 3.63) is 144 Å². The quantitative estimate of drug-likeness (QED) is 0.0706. The predicted octanol–water partition coefficient (Wildman–Crippen LogP) is 13.5. The van der Waals surface area contributed by atoms with E-state index in [4.69, 9.17) is 18.9 Å². The number of fused-ring (bicyclic) bond motifs is 2. The molecule has 0 bridgehead atoms. The fourth-order valence-electron chi connectivity index (χ4n) is 9.47. The first kappa shape index (κ1) is 45.5. The lowest BCUT2D eigenvalue weighted by atomic mass is 9.87. The zero-order valence-corrected chi connectivity index (χ0v) is 39.3. The van der Waals surface area contributed by atoms with Gasteiger partial charge in [0.15, 0.2) is 28.9 Å². The van der Waals surface area contributed by atoms with Crippen LogP contribution in [0.3, 0.4) is 0 Å². The van der Waals surface area contributed by atoms with Crippen LogP contribution in [-0.2, 0) is 0 Å². The molecule has 2 saturated heterocycles. The summed E-state index contributed by atoms with van der Waals surface area (Å²) in [6.07, 6.45) is 4.77. The van der Waals surface area contributed by atoms with Gasteiger partial charge in [-0.05, 0) is 183 Å². The Hall–Kier alpha value is -6.25. The number of carbonyl (C=O) groups is 1. The second-order valence-corrected chi connectivity index (χ2v) is 19.1. The molecule has 0 N–H and O–H groups in total. The third-order valence-corrected chi connectivity index (χ3v) is 15.4. The number of nitrogens with zero attached hydrogens (tertiary/aromatic N) is 2. The Morgan fingerprint density at radius 1 is 0.529 bits per heavy atom. The number of ether oxygens (including phenoxy) is 4. The topological polar surface area (TPSA) is 60.5 Å². The highest BCUT2D eigenvalue weighted by Crippen LogP contribution is 2.51. The molecule has 0 unspecified atom stereocenters. The average Bonchev–Trinajstić information content (AvgIpc) is 4.20. The van der Waals surface area contributed by atoms with E-state index >= 15 is 22.4 Å². The lowest BCUT2D eigenvalue weighted by Gasteiger charge is -2.16. The SMILES string of the molecule is COc1ccc2c(-c3cc(F)ccc3C(=O)c3ccc(F)cc3-c3c(-c4ccc(OCCN5CCCC5)cc4)sc4c(F)c(OC)ccc34)c(-c3ccc(OCCN4CCCC4)cc3)sc2c1F. The van der Waals surface area contributed by atoms with Gasteiger partial charge in [0.1, 0.15) is 36.3 Å². The van der Waals surface area contributed by atoms with Crippen LogP contribution in [0.2, 0.25) is 0 Å². The molecule has 0 atom stereocenters. The van der Waals surface area contributed by atoms with E-state index in [1.54, 1.807) is 12.1 Å². The van der Waals surface area contributed by atoms with Gasteiger partial charge in [0.05, 0.1) is 23.6 Å². The van der Waals surface area contributed by atoms with Gasteiger partial charge in [-0.3, -0.25) is 14.6 Å². The lowest BCUT2D eigenvalue weighted by molar-refractivity contribution is 0.104. The summed E-state index contributed by atoms with van der Waals surface area (Å²) in [6, 6.07) is 29.1. The fraction of sp³-hybridized carbons (Fsp3) is 0.255. The summed E-state index contributed by atoms with van der Waals surface area (Å²) >= 11 is 2.34. The molecular formula is C55H48F4N2O5S2. The summed E-state index contributed by atoms with van der Waals surface area (Å²) in [7, 11) is 2.78. The van der Waals surface area contributed by atoms with E-state index < -0.39 is 29.1 Å². The third-order valence-electron chi connectivity index (χ3n) is 12.9. The van der Waals surface area contributed by atoms with Gasteiger partial charge in [-0.25, -0.2) is 17.6 Å². The van der Waals surface area contributed by atoms with Crippen LogP contribution < -0.4 is 18.9 Å². The van der Waals surface area contributed by atoms with Gasteiger partial charge in [0.25, 0.3) is 0 Å². The molecule has 6 aromatic carbocycles. The lowest BCUT2D eigenvalue weighted by Crippen LogP contribution is -2.25. The van der Waals surface area contributed by atoms with Crippen molar-refractivity contribution in [2.24, 2.45) is 0 Å². The average molecular weight is 957 g/mol. The van der Waals surface area contributed by atoms with Crippen molar-refractivity contribution in [1.82, 2.24) is 9.80 Å². The predicted molar refractivity (Wildman–Crippen MR) is 264 cm³/mol. The summed E-state index contributed by atoms with van der Waals surface area (Å²) in [5, 5.41) is 0.902. The number of thiophene rings is 2. The van der Waals surface area contributed by atoms with Crippen molar-refractivity contribution in [2.45, 2.75) is 25.7 Å². The van der Waals surface area contributed by atoms with Crippen LogP contribution >= 0.6 is 22.7 Å². The molecule has 8 aromatic rings. The highest BCUT2D eigenvalue weighted by Gasteiger charge is 2.29. The zero-order chi connectivity index (χ0) is 46.9. The molecule has 10 rings (SSSR count). The maximum atomic E-state index is 16.2. The Morgan fingerprint density at radius 3 is 1.31 bits per heavy atom. The summed E-state index contributed by atoms with van der Waals surface area (Å²) in [5.74, 6) is -1.53. The van der Waals surface area contributed by atoms with E-state index in [2.05, 4.69) is 9.80 Å². The molecule has 7 nitrogen and oxygen atoms in total. The number of halogens is 4. The molecule has 348 valence electrons. The number of likely N-dealkylation sites (tertiary alicyclic amines) is 2. The second kappa shape index (κ2) is 19.8. The standard InChI is InChI=1S/C55H48F4N2O5S2/c1-63-45-21-19-41-47(52(67-54(41)49(45)58)33-7-13-37(14-8-33)65-29-27-60-23-3-4-24-60)43-31-35(56)11-17-39(43)51(62)40-18-12-36(57)32-44(40)48-42-20-22-46(64-2)50(59)55(42)68-53(48)34-9-15-38(16-10-34)66-30-28-61-25-5-6-26-61/h7-22,31-32H,3-6,23-30H2,1-2H3. The smallest absolute Gasteiger partial charge is 0.194 e. The number of benzene rings is 6. The molecule has 2 fully saturated rings. The highest BCUT2D eigenvalue weighted by molar-refractivity contribution is 7.23. The van der Waals surface area contributed by atoms with Crippen LogP contribution in [0.5, 0.6) is 23.0 Å². The fourth-order valence-corrected chi connectivity index (χ4v) is 12.0. The first-order chi connectivity index (χ1) is 33.2. The summed E-state index contributed by atoms with van der Waals surface area (Å²) in [5.41, 5.74) is 2.92. The van der Waals surface area contributed by atoms with Crippen molar-refractivity contribution in [1.29, 1.82) is 0 Å². The van der Waals surface area contributed by atoms with Crippen LogP contribution in [0, 0.1) is 23.3 Å². The van der Waals surface area contributed by atoms with Gasteiger partial charge in [0.2, 0.25) is 0 Å². The number of hydrogen-bond acceptors (Lipinski definition) is 9. The molecule has 0 amide bonds. The van der Waals surface area contributed by atoms with E-state index in [1.807, 2.05) is 48.5 Å². The second-order valence-electron chi connectivity index (χ2n) is 17.1. The number of hydrogen-bond donors (Lipinski definition) is 0. The molecule has 13 heteroatoms. The molecule has 4 heterocycles. The highest BCUT2D eigenvalue weighted by atomic mass is 32.1. The van der Waals surface area contributed by atoms with Crippen LogP contribution in [0.1, 0.15) is 41.6 Å². The Balaban J connectivity index is 1.07. The molecule has 0 spiro atoms. The van der Waals surface area contributed by atoms with E-state index in [1.165, 1.54) is 111 Å². The van der Waals surface area contributed by atoms with Crippen molar-refractivity contribution in [2.75, 3.05) is 66.7 Å². The van der Waals surface area contributed by atoms with E-state index in [9.17, 15) is 0 Å². The largest absolute Gasteiger partial charge is 0.494 e. The Labute approximate surface area is 400 Å². The summed E-state index contributed by atoms with van der Waals surface area (Å²) in [6.45, 7) is 6.98. The molecule has 68 heavy (non-hydrogen) atoms. The summed E-state index contributed by atoms with van der Waals surface area (Å²) < 4.78 is 87.4. The van der Waals surface area contributed by atoms with Gasteiger partial charge >= 0.3 is 0 Å². The third kappa shape index (κ3) is 8.96. The number of rotatable bonds is 16. The van der Waals surface area contributed by atoms with E-state index in [-0.39, 0.29) is 43.2 Å². The van der Waals surface area contributed by atoms with Crippen molar-refractivity contribution in [3.8, 4) is 66.1 Å². The van der Waals surface area contributed by atoms with Crippen LogP contribution in [0.15, 0.2) is 109 Å². The van der Waals surface area contributed by atoms with Gasteiger partial charge in [0, 0.05) is 55.9 Å². The number of carbonyl (C=O) groups excluding carboxylic acids is 1. The number of ketones is 1. The van der Waals surface area contributed by atoms with Gasteiger partial charge in [-0.1, -0.05) is 0 Å². The summed E-state index contributed by atoms with van der Waals surface area (Å²) in [4.78, 5) is 21.3. The molecule has 0 radical (unpaired) electrons. The van der Waals surface area contributed by atoms with Crippen molar-refractivity contribution >= 4 is 48.6 Å². The molecule has 0 saturated carbocycles. The van der Waals surface area contributed by atoms with Crippen molar-refractivity contribution < 1.29 is 41.3 Å². The minimum atomic E-state index is -0.615. The maximum absolute atomic E-state index is 16.2. The molecule has 2 aromatic heterocycles. The Morgan fingerprint density at radius 2 is 0.926 bits per heavy atom. The first-order valence-corrected chi connectivity index (χ1v) is 24.5. The van der Waals surface area contributed by atoms with E-state index in [0.29, 0.717) is 67.5 Å². The molecule has 2 aliphatic heterocycles. The molecule has 2 aliphatic rings. The van der Waals surface area contributed by atoms with Gasteiger partial charge in [-0.2, -0.15) is 0 Å². The Kier molecular flexibility index (Phi) is 13.2. The first-order valence-electron chi connectivity index (χ1n) is 22.8. The van der Waals surface area contributed by atoms with E-state index in [0.717, 1.165) is 39.3 Å². The minimum absolute atomic E-state index is 0.0395. The maximum Gasteiger partial charge on any atom is 0.194 e. The van der Waals surface area contributed by atoms with Crippen molar-refractivity contribution in [3.63, 3.8) is 0 Å². The minimum Gasteiger partial charge on any atom is -0.494 e. The van der Waals surface area contributed by atoms with Crippen LogP contribution in [-0.4, -0.2) is 82.3 Å². The van der Waals surface area contributed by atoms with Crippen LogP contribution in [0.25, 0.3) is 63.3 Å². The molecule has 0 aliphatic carbocycles.